The van der Waals surface area contributed by atoms with Gasteiger partial charge in [-0.1, -0.05) is 35.9 Å². The highest BCUT2D eigenvalue weighted by molar-refractivity contribution is 6.33. The molecule has 0 unspecified atom stereocenters. The molecule has 1 heterocycles. The SMILES string of the molecule is N=C(/C=C(\Nc1ccccc1Cl)c1ccc(C(=O)NCCc2c[nH]cn2)cc1)C(F)(F)F. The third-order valence-electron chi connectivity index (χ3n) is 4.42. The summed E-state index contributed by atoms with van der Waals surface area (Å²) in [5.74, 6) is -0.320. The lowest BCUT2D eigenvalue weighted by Gasteiger charge is -2.15. The summed E-state index contributed by atoms with van der Waals surface area (Å²) in [5, 5.41) is 13.3. The summed E-state index contributed by atoms with van der Waals surface area (Å²) >= 11 is 6.11. The van der Waals surface area contributed by atoms with Gasteiger partial charge < -0.3 is 15.6 Å². The molecule has 3 rings (SSSR count). The van der Waals surface area contributed by atoms with Crippen LogP contribution in [-0.4, -0.2) is 34.3 Å². The van der Waals surface area contributed by atoms with Crippen LogP contribution in [0.15, 0.2) is 67.1 Å². The number of benzene rings is 2. The van der Waals surface area contributed by atoms with E-state index in [0.29, 0.717) is 40.9 Å². The molecular weight excluding hydrogens is 443 g/mol. The molecule has 0 aliphatic carbocycles. The number of aromatic amines is 1. The lowest BCUT2D eigenvalue weighted by molar-refractivity contribution is -0.0583. The van der Waals surface area contributed by atoms with E-state index in [1.807, 2.05) is 0 Å². The van der Waals surface area contributed by atoms with E-state index in [0.717, 1.165) is 5.69 Å². The van der Waals surface area contributed by atoms with Gasteiger partial charge in [0.1, 0.15) is 5.71 Å². The van der Waals surface area contributed by atoms with Crippen LogP contribution in [0.2, 0.25) is 5.02 Å². The van der Waals surface area contributed by atoms with Crippen molar-refractivity contribution in [2.24, 2.45) is 0 Å². The molecule has 0 saturated carbocycles. The number of carbonyl (C=O) groups excluding carboxylic acids is 1. The molecule has 0 aliphatic rings. The molecule has 4 N–H and O–H groups in total. The number of allylic oxidation sites excluding steroid dienone is 1. The summed E-state index contributed by atoms with van der Waals surface area (Å²) in [6.45, 7) is 0.382. The van der Waals surface area contributed by atoms with E-state index in [2.05, 4.69) is 20.6 Å². The maximum Gasteiger partial charge on any atom is 0.432 e. The molecule has 32 heavy (non-hydrogen) atoms. The number of para-hydroxylation sites is 1. The predicted molar refractivity (Wildman–Crippen MR) is 118 cm³/mol. The highest BCUT2D eigenvalue weighted by Crippen LogP contribution is 2.27. The topological polar surface area (TPSA) is 93.7 Å². The average molecular weight is 462 g/mol. The largest absolute Gasteiger partial charge is 0.432 e. The Morgan fingerprint density at radius 3 is 2.44 bits per heavy atom. The summed E-state index contributed by atoms with van der Waals surface area (Å²) in [6, 6.07) is 12.6. The first-order valence-electron chi connectivity index (χ1n) is 9.49. The summed E-state index contributed by atoms with van der Waals surface area (Å²) in [6.07, 6.45) is -0.277. The number of nitrogens with one attached hydrogen (secondary N) is 4. The molecule has 2 aromatic carbocycles. The van der Waals surface area contributed by atoms with Crippen LogP contribution >= 0.6 is 11.6 Å². The minimum Gasteiger partial charge on any atom is -0.354 e. The number of alkyl halides is 3. The molecule has 0 radical (unpaired) electrons. The van der Waals surface area contributed by atoms with Crippen molar-refractivity contribution >= 4 is 34.6 Å². The van der Waals surface area contributed by atoms with Crippen LogP contribution in [0.25, 0.3) is 5.70 Å². The second-order valence-corrected chi connectivity index (χ2v) is 7.13. The average Bonchev–Trinajstić information content (AvgIpc) is 3.27. The van der Waals surface area contributed by atoms with Crippen LogP contribution in [0.4, 0.5) is 18.9 Å². The second-order valence-electron chi connectivity index (χ2n) is 6.72. The van der Waals surface area contributed by atoms with Gasteiger partial charge in [0.05, 0.1) is 22.7 Å². The molecule has 0 bridgehead atoms. The summed E-state index contributed by atoms with van der Waals surface area (Å²) in [5.41, 5.74) is 0.396. The van der Waals surface area contributed by atoms with E-state index in [4.69, 9.17) is 17.0 Å². The fourth-order valence-electron chi connectivity index (χ4n) is 2.76. The van der Waals surface area contributed by atoms with E-state index >= 15 is 0 Å². The lowest BCUT2D eigenvalue weighted by atomic mass is 10.1. The van der Waals surface area contributed by atoms with Crippen LogP contribution in [0, 0.1) is 5.41 Å². The first-order valence-corrected chi connectivity index (χ1v) is 9.87. The summed E-state index contributed by atoms with van der Waals surface area (Å²) in [4.78, 5) is 19.2. The van der Waals surface area contributed by atoms with Crippen LogP contribution in [-0.2, 0) is 6.42 Å². The third kappa shape index (κ3) is 6.21. The number of halogens is 4. The minimum absolute atomic E-state index is 0.0194. The fraction of sp³-hybridized carbons (Fsp3) is 0.136. The molecule has 0 saturated heterocycles. The molecule has 1 amide bonds. The van der Waals surface area contributed by atoms with Crippen molar-refractivity contribution in [3.8, 4) is 0 Å². The van der Waals surface area contributed by atoms with Gasteiger partial charge in [-0.05, 0) is 35.9 Å². The lowest BCUT2D eigenvalue weighted by Crippen LogP contribution is -2.25. The van der Waals surface area contributed by atoms with Gasteiger partial charge in [-0.3, -0.25) is 10.2 Å². The Balaban J connectivity index is 1.77. The Hall–Kier alpha value is -3.59. The Bertz CT molecular complexity index is 1110. The third-order valence-corrected chi connectivity index (χ3v) is 4.75. The van der Waals surface area contributed by atoms with Crippen molar-refractivity contribution in [1.82, 2.24) is 15.3 Å². The van der Waals surface area contributed by atoms with Crippen molar-refractivity contribution in [3.05, 3.63) is 89.0 Å². The monoisotopic (exact) mass is 461 g/mol. The molecule has 10 heteroatoms. The van der Waals surface area contributed by atoms with Crippen LogP contribution in [0.5, 0.6) is 0 Å². The standard InChI is InChI=1S/C22H19ClF3N5O/c23-17-3-1-2-4-18(17)31-19(11-20(27)22(24,25)26)14-5-7-15(8-6-14)21(32)29-10-9-16-12-28-13-30-16/h1-8,11-13,27,31H,9-10H2,(H,28,30)(H,29,32)/b19-11-,27-20?. The minimum atomic E-state index is -4.80. The number of amides is 1. The zero-order valence-corrected chi connectivity index (χ0v) is 17.4. The van der Waals surface area contributed by atoms with E-state index < -0.39 is 11.9 Å². The highest BCUT2D eigenvalue weighted by Gasteiger charge is 2.33. The molecule has 0 spiro atoms. The van der Waals surface area contributed by atoms with Gasteiger partial charge in [-0.2, -0.15) is 13.2 Å². The van der Waals surface area contributed by atoms with Gasteiger partial charge in [-0.25, -0.2) is 4.98 Å². The molecule has 0 atom stereocenters. The van der Waals surface area contributed by atoms with Gasteiger partial charge in [0.2, 0.25) is 0 Å². The van der Waals surface area contributed by atoms with Crippen molar-refractivity contribution in [2.75, 3.05) is 11.9 Å². The van der Waals surface area contributed by atoms with E-state index in [-0.39, 0.29) is 11.6 Å². The number of hydrogen-bond acceptors (Lipinski definition) is 4. The molecule has 0 fully saturated rings. The quantitative estimate of drug-likeness (QED) is 0.353. The number of imidazole rings is 1. The van der Waals surface area contributed by atoms with Crippen LogP contribution < -0.4 is 10.6 Å². The molecule has 3 aromatic rings. The Labute approximate surface area is 187 Å². The van der Waals surface area contributed by atoms with E-state index in [1.54, 1.807) is 36.8 Å². The Morgan fingerprint density at radius 1 is 1.12 bits per heavy atom. The molecule has 6 nitrogen and oxygen atoms in total. The zero-order valence-electron chi connectivity index (χ0n) is 16.6. The fourth-order valence-corrected chi connectivity index (χ4v) is 2.94. The maximum atomic E-state index is 13.0. The van der Waals surface area contributed by atoms with Crippen molar-refractivity contribution in [3.63, 3.8) is 0 Å². The Morgan fingerprint density at radius 2 is 1.81 bits per heavy atom. The Kier molecular flexibility index (Phi) is 7.32. The molecule has 0 aliphatic heterocycles. The number of carbonyl (C=O) groups is 1. The van der Waals surface area contributed by atoms with Crippen molar-refractivity contribution in [1.29, 1.82) is 5.41 Å². The summed E-state index contributed by atoms with van der Waals surface area (Å²) in [7, 11) is 0. The number of H-pyrrole nitrogens is 1. The number of rotatable bonds is 8. The summed E-state index contributed by atoms with van der Waals surface area (Å²) < 4.78 is 38.9. The van der Waals surface area contributed by atoms with Gasteiger partial charge in [0.25, 0.3) is 5.91 Å². The number of nitrogens with zero attached hydrogens (tertiary/aromatic N) is 1. The van der Waals surface area contributed by atoms with Gasteiger partial charge in [0, 0.05) is 30.4 Å². The van der Waals surface area contributed by atoms with Gasteiger partial charge in [-0.15, -0.1) is 0 Å². The van der Waals surface area contributed by atoms with E-state index in [1.165, 1.54) is 24.3 Å². The molecule has 1 aromatic heterocycles. The van der Waals surface area contributed by atoms with Crippen LogP contribution in [0.3, 0.4) is 0 Å². The van der Waals surface area contributed by atoms with E-state index in [9.17, 15) is 18.0 Å². The predicted octanol–water partition coefficient (Wildman–Crippen LogP) is 5.07. The normalized spacial score (nSPS) is 11.8. The highest BCUT2D eigenvalue weighted by atomic mass is 35.5. The number of anilines is 1. The first-order chi connectivity index (χ1) is 15.2. The number of hydrogen-bond donors (Lipinski definition) is 4. The number of aromatic nitrogens is 2. The zero-order chi connectivity index (χ0) is 23.1. The maximum absolute atomic E-state index is 13.0. The van der Waals surface area contributed by atoms with Gasteiger partial charge >= 0.3 is 6.18 Å². The second kappa shape index (κ2) is 10.1. The smallest absolute Gasteiger partial charge is 0.354 e. The van der Waals surface area contributed by atoms with Crippen LogP contribution in [0.1, 0.15) is 21.6 Å². The first kappa shape index (κ1) is 23.1. The molecular formula is C22H19ClF3N5O. The molecule has 166 valence electrons. The van der Waals surface area contributed by atoms with Gasteiger partial charge in [0.15, 0.2) is 0 Å². The van der Waals surface area contributed by atoms with Crippen molar-refractivity contribution < 1.29 is 18.0 Å². The van der Waals surface area contributed by atoms with Crippen molar-refractivity contribution in [2.45, 2.75) is 12.6 Å².